The molecule has 0 spiro atoms. The number of nitrogens with one attached hydrogen (secondary N) is 1. The van der Waals surface area contributed by atoms with Crippen molar-refractivity contribution in [2.75, 3.05) is 70.6 Å². The van der Waals surface area contributed by atoms with E-state index in [1.54, 1.807) is 48.8 Å². The van der Waals surface area contributed by atoms with Gasteiger partial charge in [0.25, 0.3) is 0 Å². The molecule has 0 radical (unpaired) electrons. The second-order valence-electron chi connectivity index (χ2n) is 12.5. The highest BCUT2D eigenvalue weighted by Gasteiger charge is 2.18. The van der Waals surface area contributed by atoms with Crippen LogP contribution in [0.3, 0.4) is 0 Å². The number of carbonyl (C=O) groups is 2. The van der Waals surface area contributed by atoms with Crippen molar-refractivity contribution in [3.8, 4) is 21.9 Å². The molecule has 3 heterocycles. The van der Waals surface area contributed by atoms with Gasteiger partial charge in [-0.05, 0) is 61.6 Å². The van der Waals surface area contributed by atoms with E-state index < -0.39 is 11.7 Å². The Morgan fingerprint density at radius 1 is 0.939 bits per heavy atom. The number of benzene rings is 3. The molecule has 1 aliphatic rings. The average Bonchev–Trinajstić information content (AvgIpc) is 3.55. The van der Waals surface area contributed by atoms with Crippen LogP contribution in [-0.2, 0) is 16.1 Å². The molecule has 6 rings (SSSR count). The number of para-hydroxylation sites is 1. The number of nitrogens with zero attached hydrogens (tertiary/aromatic N) is 5. The van der Waals surface area contributed by atoms with Crippen LogP contribution in [0.2, 0.25) is 0 Å². The number of pyridine rings is 1. The van der Waals surface area contributed by atoms with Crippen LogP contribution in [0.25, 0.3) is 20.7 Å². The van der Waals surface area contributed by atoms with E-state index in [0.29, 0.717) is 11.4 Å². The maximum atomic E-state index is 15.2. The van der Waals surface area contributed by atoms with Crippen molar-refractivity contribution >= 4 is 44.7 Å². The van der Waals surface area contributed by atoms with Crippen LogP contribution < -0.4 is 15.0 Å². The number of rotatable bonds is 12. The zero-order chi connectivity index (χ0) is 34.3. The largest absolute Gasteiger partial charge is 0.453 e. The number of thiophene rings is 1. The fourth-order valence-electron chi connectivity index (χ4n) is 5.77. The van der Waals surface area contributed by atoms with Gasteiger partial charge in [-0.3, -0.25) is 19.5 Å². The number of carbonyl (C=O) groups excluding carboxylic acids is 2. The number of likely N-dealkylation sites (N-methyl/N-ethyl adjacent to an activating group) is 2. The Balaban J connectivity index is 1.08. The summed E-state index contributed by atoms with van der Waals surface area (Å²) in [6, 6.07) is 25.6. The molecule has 2 amide bonds. The molecule has 0 atom stereocenters. The SMILES string of the molecule is CN1CCN(CCN(C)Cc2cccc(-c3cc4nccc(Oc5ccc(NC(=O)CC(=O)N(C)c6ccccc6)cc5F)c4s3)c2)CC1. The van der Waals surface area contributed by atoms with Gasteiger partial charge in [0.2, 0.25) is 11.8 Å². The van der Waals surface area contributed by atoms with Crippen LogP contribution in [0.15, 0.2) is 91.1 Å². The lowest BCUT2D eigenvalue weighted by Gasteiger charge is -2.33. The van der Waals surface area contributed by atoms with Gasteiger partial charge in [0, 0.05) is 87.4 Å². The summed E-state index contributed by atoms with van der Waals surface area (Å²) in [7, 11) is 5.96. The number of piperazine rings is 1. The molecule has 9 nitrogen and oxygen atoms in total. The van der Waals surface area contributed by atoms with E-state index in [4.69, 9.17) is 4.74 Å². The van der Waals surface area contributed by atoms with E-state index in [1.165, 1.54) is 22.6 Å². The van der Waals surface area contributed by atoms with Gasteiger partial charge in [0.1, 0.15) is 12.2 Å². The Morgan fingerprint density at radius 2 is 1.73 bits per heavy atom. The number of amides is 2. The Morgan fingerprint density at radius 3 is 2.51 bits per heavy atom. The molecule has 3 aromatic carbocycles. The topological polar surface area (TPSA) is 81.2 Å². The van der Waals surface area contributed by atoms with Crippen molar-refractivity contribution in [3.05, 3.63) is 103 Å². The molecule has 2 aromatic heterocycles. The van der Waals surface area contributed by atoms with Crippen LogP contribution in [0, 0.1) is 5.82 Å². The number of hydrogen-bond acceptors (Lipinski definition) is 8. The van der Waals surface area contributed by atoms with Crippen LogP contribution >= 0.6 is 11.3 Å². The molecule has 254 valence electrons. The van der Waals surface area contributed by atoms with Gasteiger partial charge in [-0.25, -0.2) is 4.39 Å². The minimum absolute atomic E-state index is 0.0157. The van der Waals surface area contributed by atoms with Crippen LogP contribution in [-0.4, -0.2) is 91.9 Å². The van der Waals surface area contributed by atoms with Crippen molar-refractivity contribution in [1.29, 1.82) is 0 Å². The van der Waals surface area contributed by atoms with Crippen LogP contribution in [0.4, 0.5) is 15.8 Å². The molecule has 1 N–H and O–H groups in total. The monoisotopic (exact) mass is 680 g/mol. The third-order valence-corrected chi connectivity index (χ3v) is 9.89. The first-order chi connectivity index (χ1) is 23.7. The molecule has 0 bridgehead atoms. The maximum absolute atomic E-state index is 15.2. The molecule has 1 fully saturated rings. The molecule has 11 heteroatoms. The van der Waals surface area contributed by atoms with Crippen LogP contribution in [0.1, 0.15) is 12.0 Å². The number of halogens is 1. The molecular weight excluding hydrogens is 640 g/mol. The van der Waals surface area contributed by atoms with Gasteiger partial charge in [0.05, 0.1) is 10.2 Å². The summed E-state index contributed by atoms with van der Waals surface area (Å²) in [5.74, 6) is -1.05. The van der Waals surface area contributed by atoms with Gasteiger partial charge < -0.3 is 24.8 Å². The second-order valence-corrected chi connectivity index (χ2v) is 13.5. The molecular formula is C38H41FN6O3S. The number of aromatic nitrogens is 1. The van der Waals surface area contributed by atoms with Crippen LogP contribution in [0.5, 0.6) is 11.5 Å². The normalized spacial score (nSPS) is 13.9. The number of fused-ring (bicyclic) bond motifs is 1. The summed E-state index contributed by atoms with van der Waals surface area (Å²) in [6.07, 6.45) is 1.27. The first kappa shape index (κ1) is 34.2. The fourth-order valence-corrected chi connectivity index (χ4v) is 6.83. The van der Waals surface area contributed by atoms with Gasteiger partial charge in [0.15, 0.2) is 11.6 Å². The molecule has 0 saturated carbocycles. The van der Waals surface area contributed by atoms with Crippen molar-refractivity contribution < 1.29 is 18.7 Å². The molecule has 0 unspecified atom stereocenters. The zero-order valence-corrected chi connectivity index (χ0v) is 28.9. The van der Waals surface area contributed by atoms with Crippen molar-refractivity contribution in [2.45, 2.75) is 13.0 Å². The predicted octanol–water partition coefficient (Wildman–Crippen LogP) is 6.57. The molecule has 5 aromatic rings. The highest BCUT2D eigenvalue weighted by Crippen LogP contribution is 2.40. The third-order valence-electron chi connectivity index (χ3n) is 8.70. The summed E-state index contributed by atoms with van der Waals surface area (Å²) in [5.41, 5.74) is 4.01. The fraction of sp³-hybridized carbons (Fsp3) is 0.289. The molecule has 0 aliphatic carbocycles. The standard InChI is InChI=1S/C38H41FN6O3S/c1-42-16-19-45(20-17-42)21-18-43(2)26-27-8-7-9-28(22-27)35-24-32-38(49-35)34(14-15-40-32)48-33-13-12-29(23-31(33)39)41-36(46)25-37(47)44(3)30-10-5-4-6-11-30/h4-15,22-24H,16-21,25-26H2,1-3H3,(H,41,46). The summed E-state index contributed by atoms with van der Waals surface area (Å²) >= 11 is 1.55. The maximum Gasteiger partial charge on any atom is 0.236 e. The van der Waals surface area contributed by atoms with Gasteiger partial charge in [-0.2, -0.15) is 0 Å². The lowest BCUT2D eigenvalue weighted by molar-refractivity contribution is -0.125. The van der Waals surface area contributed by atoms with Gasteiger partial charge >= 0.3 is 0 Å². The summed E-state index contributed by atoms with van der Waals surface area (Å²) < 4.78 is 22.1. The van der Waals surface area contributed by atoms with E-state index in [-0.39, 0.29) is 23.8 Å². The second kappa shape index (κ2) is 15.7. The first-order valence-electron chi connectivity index (χ1n) is 16.4. The molecule has 49 heavy (non-hydrogen) atoms. The highest BCUT2D eigenvalue weighted by atomic mass is 32.1. The Kier molecular flexibility index (Phi) is 10.9. The summed E-state index contributed by atoms with van der Waals surface area (Å²) in [6.45, 7) is 7.44. The van der Waals surface area contributed by atoms with E-state index in [0.717, 1.165) is 66.5 Å². The predicted molar refractivity (Wildman–Crippen MR) is 195 cm³/mol. The highest BCUT2D eigenvalue weighted by molar-refractivity contribution is 7.22. The summed E-state index contributed by atoms with van der Waals surface area (Å²) in [5, 5.41) is 2.61. The van der Waals surface area contributed by atoms with Gasteiger partial charge in [-0.1, -0.05) is 36.4 Å². The quantitative estimate of drug-likeness (QED) is 0.150. The Labute approximate surface area is 290 Å². The van der Waals surface area contributed by atoms with E-state index in [2.05, 4.69) is 63.4 Å². The minimum Gasteiger partial charge on any atom is -0.453 e. The number of hydrogen-bond donors (Lipinski definition) is 1. The van der Waals surface area contributed by atoms with Crippen molar-refractivity contribution in [2.24, 2.45) is 0 Å². The molecule has 1 saturated heterocycles. The van der Waals surface area contributed by atoms with E-state index in [1.807, 2.05) is 24.3 Å². The lowest BCUT2D eigenvalue weighted by Crippen LogP contribution is -2.46. The number of ether oxygens (including phenoxy) is 1. The van der Waals surface area contributed by atoms with Gasteiger partial charge in [-0.15, -0.1) is 11.3 Å². The minimum atomic E-state index is -0.642. The number of anilines is 2. The Bertz CT molecular complexity index is 1910. The lowest BCUT2D eigenvalue weighted by atomic mass is 10.1. The van der Waals surface area contributed by atoms with Crippen molar-refractivity contribution in [3.63, 3.8) is 0 Å². The third kappa shape index (κ3) is 8.87. The average molecular weight is 681 g/mol. The first-order valence-corrected chi connectivity index (χ1v) is 17.2. The van der Waals surface area contributed by atoms with E-state index in [9.17, 15) is 9.59 Å². The molecule has 1 aliphatic heterocycles. The van der Waals surface area contributed by atoms with Crippen molar-refractivity contribution in [1.82, 2.24) is 19.7 Å². The smallest absolute Gasteiger partial charge is 0.236 e. The summed E-state index contributed by atoms with van der Waals surface area (Å²) in [4.78, 5) is 39.4. The van der Waals surface area contributed by atoms with E-state index >= 15 is 4.39 Å². The Hall–Kier alpha value is -4.68. The zero-order valence-electron chi connectivity index (χ0n) is 28.1.